The lowest BCUT2D eigenvalue weighted by atomic mass is 9.80. The zero-order valence-electron chi connectivity index (χ0n) is 18.4. The van der Waals surface area contributed by atoms with E-state index >= 15 is 0 Å². The van der Waals surface area contributed by atoms with Crippen LogP contribution in [-0.4, -0.2) is 33.2 Å². The van der Waals surface area contributed by atoms with Crippen molar-refractivity contribution in [3.63, 3.8) is 0 Å². The minimum atomic E-state index is -1.44. The van der Waals surface area contributed by atoms with Gasteiger partial charge in [0, 0.05) is 0 Å². The standard InChI is InChI=1S/C27H26O6/c1-2-3-14-19-20(15-17-10-6-4-7-11-17)22(25(28)29)21(16-18-12-8-5-9-13-18)24(27(32)33)23(19)26(30)31/h4-13H,2-3,14-16H2,1H3,(H,28,29)(H,30,31)(H,32,33). The van der Waals surface area contributed by atoms with E-state index in [2.05, 4.69) is 0 Å². The van der Waals surface area contributed by atoms with Gasteiger partial charge in [0.05, 0.1) is 16.7 Å². The Morgan fingerprint density at radius 1 is 0.606 bits per heavy atom. The van der Waals surface area contributed by atoms with E-state index in [-0.39, 0.29) is 36.0 Å². The summed E-state index contributed by atoms with van der Waals surface area (Å²) >= 11 is 0. The predicted octanol–water partition coefficient (Wildman–Crippen LogP) is 5.31. The molecule has 0 fully saturated rings. The highest BCUT2D eigenvalue weighted by molar-refractivity contribution is 6.08. The van der Waals surface area contributed by atoms with Crippen molar-refractivity contribution >= 4 is 17.9 Å². The van der Waals surface area contributed by atoms with Crippen LogP contribution in [-0.2, 0) is 19.3 Å². The second kappa shape index (κ2) is 10.6. The van der Waals surface area contributed by atoms with Crippen LogP contribution in [0.25, 0.3) is 0 Å². The predicted molar refractivity (Wildman–Crippen MR) is 124 cm³/mol. The molecule has 170 valence electrons. The van der Waals surface area contributed by atoms with Gasteiger partial charge in [-0.3, -0.25) is 0 Å². The van der Waals surface area contributed by atoms with Crippen LogP contribution >= 0.6 is 0 Å². The fourth-order valence-electron chi connectivity index (χ4n) is 4.24. The molecule has 6 heteroatoms. The van der Waals surface area contributed by atoms with Crippen LogP contribution in [0, 0.1) is 0 Å². The van der Waals surface area contributed by atoms with Crippen LogP contribution in [0.5, 0.6) is 0 Å². The van der Waals surface area contributed by atoms with Gasteiger partial charge in [0.2, 0.25) is 0 Å². The number of unbranched alkanes of at least 4 members (excludes halogenated alkanes) is 1. The summed E-state index contributed by atoms with van der Waals surface area (Å²) in [7, 11) is 0. The molecule has 0 radical (unpaired) electrons. The van der Waals surface area contributed by atoms with Crippen LogP contribution in [0.15, 0.2) is 60.7 Å². The first kappa shape index (κ1) is 23.7. The van der Waals surface area contributed by atoms with Gasteiger partial charge in [-0.15, -0.1) is 0 Å². The van der Waals surface area contributed by atoms with Gasteiger partial charge in [-0.1, -0.05) is 74.0 Å². The summed E-state index contributed by atoms with van der Waals surface area (Å²) in [6.45, 7) is 1.94. The Morgan fingerprint density at radius 2 is 1.03 bits per heavy atom. The largest absolute Gasteiger partial charge is 0.478 e. The van der Waals surface area contributed by atoms with Crippen molar-refractivity contribution in [1.29, 1.82) is 0 Å². The molecule has 0 aliphatic carbocycles. The van der Waals surface area contributed by atoms with Gasteiger partial charge in [0.15, 0.2) is 0 Å². The van der Waals surface area contributed by atoms with Crippen LogP contribution in [0.4, 0.5) is 0 Å². The summed E-state index contributed by atoms with van der Waals surface area (Å²) in [6.07, 6.45) is 1.84. The first-order chi connectivity index (χ1) is 15.8. The van der Waals surface area contributed by atoms with Crippen LogP contribution in [0.3, 0.4) is 0 Å². The van der Waals surface area contributed by atoms with E-state index in [9.17, 15) is 29.7 Å². The number of benzene rings is 3. The number of rotatable bonds is 10. The molecule has 3 rings (SSSR count). The summed E-state index contributed by atoms with van der Waals surface area (Å²) in [6, 6.07) is 18.1. The highest BCUT2D eigenvalue weighted by Gasteiger charge is 2.32. The van der Waals surface area contributed by atoms with Crippen molar-refractivity contribution in [1.82, 2.24) is 0 Å². The summed E-state index contributed by atoms with van der Waals surface area (Å²) in [5.41, 5.74) is 1.34. The summed E-state index contributed by atoms with van der Waals surface area (Å²) < 4.78 is 0. The first-order valence-corrected chi connectivity index (χ1v) is 10.8. The molecule has 6 nitrogen and oxygen atoms in total. The molecule has 0 saturated carbocycles. The Balaban J connectivity index is 2.42. The van der Waals surface area contributed by atoms with E-state index in [0.717, 1.165) is 12.0 Å². The number of aromatic carboxylic acids is 3. The lowest BCUT2D eigenvalue weighted by Crippen LogP contribution is -2.22. The maximum Gasteiger partial charge on any atom is 0.336 e. The van der Waals surface area contributed by atoms with Gasteiger partial charge in [-0.2, -0.15) is 0 Å². The smallest absolute Gasteiger partial charge is 0.336 e. The van der Waals surface area contributed by atoms with Crippen molar-refractivity contribution in [2.45, 2.75) is 39.0 Å². The van der Waals surface area contributed by atoms with E-state index in [1.54, 1.807) is 30.3 Å². The average Bonchev–Trinajstić information content (AvgIpc) is 2.78. The number of hydrogen-bond donors (Lipinski definition) is 3. The van der Waals surface area contributed by atoms with Crippen molar-refractivity contribution in [2.24, 2.45) is 0 Å². The van der Waals surface area contributed by atoms with Crippen molar-refractivity contribution < 1.29 is 29.7 Å². The van der Waals surface area contributed by atoms with E-state index in [0.29, 0.717) is 23.1 Å². The van der Waals surface area contributed by atoms with Gasteiger partial charge in [0.25, 0.3) is 0 Å². The molecule has 0 aromatic heterocycles. The Morgan fingerprint density at radius 3 is 1.45 bits per heavy atom. The zero-order valence-corrected chi connectivity index (χ0v) is 18.4. The molecule has 0 spiro atoms. The quantitative estimate of drug-likeness (QED) is 0.389. The molecule has 0 saturated heterocycles. The molecule has 0 aliphatic rings. The molecule has 0 bridgehead atoms. The van der Waals surface area contributed by atoms with Gasteiger partial charge < -0.3 is 15.3 Å². The SMILES string of the molecule is CCCCc1c(Cc2ccccc2)c(C(=O)O)c(Cc2ccccc2)c(C(=O)O)c1C(=O)O. The Labute approximate surface area is 192 Å². The third-order valence-corrected chi connectivity index (χ3v) is 5.69. The minimum absolute atomic E-state index is 0.000232. The monoisotopic (exact) mass is 446 g/mol. The molecule has 0 atom stereocenters. The van der Waals surface area contributed by atoms with Crippen LogP contribution in [0.1, 0.15) is 78.7 Å². The topological polar surface area (TPSA) is 112 Å². The lowest BCUT2D eigenvalue weighted by Gasteiger charge is -2.22. The third-order valence-electron chi connectivity index (χ3n) is 5.69. The molecule has 0 unspecified atom stereocenters. The number of hydrogen-bond acceptors (Lipinski definition) is 3. The van der Waals surface area contributed by atoms with Gasteiger partial charge >= 0.3 is 17.9 Å². The Bertz CT molecular complexity index is 1170. The number of carboxylic acids is 3. The second-order valence-corrected chi connectivity index (χ2v) is 7.90. The van der Waals surface area contributed by atoms with Crippen molar-refractivity contribution in [3.05, 3.63) is 105 Å². The Kier molecular flexibility index (Phi) is 7.61. The number of carboxylic acid groups (broad SMARTS) is 3. The number of carbonyl (C=O) groups is 3. The molecule has 3 aromatic carbocycles. The van der Waals surface area contributed by atoms with E-state index < -0.39 is 23.5 Å². The highest BCUT2D eigenvalue weighted by Crippen LogP contribution is 2.34. The molecule has 3 N–H and O–H groups in total. The molecule has 0 aliphatic heterocycles. The fourth-order valence-corrected chi connectivity index (χ4v) is 4.24. The van der Waals surface area contributed by atoms with Crippen molar-refractivity contribution in [3.8, 4) is 0 Å². The molecular weight excluding hydrogens is 420 g/mol. The molecule has 3 aromatic rings. The summed E-state index contributed by atoms with van der Waals surface area (Å²) in [4.78, 5) is 37.3. The molecular formula is C27H26O6. The highest BCUT2D eigenvalue weighted by atomic mass is 16.4. The maximum absolute atomic E-state index is 12.6. The Hall–Kier alpha value is -3.93. The van der Waals surface area contributed by atoms with E-state index in [1.807, 2.05) is 37.3 Å². The van der Waals surface area contributed by atoms with Crippen molar-refractivity contribution in [2.75, 3.05) is 0 Å². The zero-order chi connectivity index (χ0) is 24.0. The van der Waals surface area contributed by atoms with Gasteiger partial charge in [-0.05, 0) is 53.5 Å². The van der Waals surface area contributed by atoms with E-state index in [1.165, 1.54) is 0 Å². The minimum Gasteiger partial charge on any atom is -0.478 e. The first-order valence-electron chi connectivity index (χ1n) is 10.8. The molecule has 33 heavy (non-hydrogen) atoms. The molecule has 0 amide bonds. The second-order valence-electron chi connectivity index (χ2n) is 7.90. The average molecular weight is 446 g/mol. The molecule has 0 heterocycles. The maximum atomic E-state index is 12.6. The summed E-state index contributed by atoms with van der Waals surface area (Å²) in [5.74, 6) is -4.06. The van der Waals surface area contributed by atoms with Crippen LogP contribution in [0.2, 0.25) is 0 Å². The third kappa shape index (κ3) is 5.29. The van der Waals surface area contributed by atoms with Crippen LogP contribution < -0.4 is 0 Å². The fraction of sp³-hybridized carbons (Fsp3) is 0.222. The van der Waals surface area contributed by atoms with Gasteiger partial charge in [0.1, 0.15) is 0 Å². The van der Waals surface area contributed by atoms with Gasteiger partial charge in [-0.25, -0.2) is 14.4 Å². The summed E-state index contributed by atoms with van der Waals surface area (Å²) in [5, 5.41) is 30.4. The lowest BCUT2D eigenvalue weighted by molar-refractivity contribution is 0.0646. The normalized spacial score (nSPS) is 10.7. The van der Waals surface area contributed by atoms with E-state index in [4.69, 9.17) is 0 Å².